The molecule has 0 spiro atoms. The number of piperidine rings is 1. The Bertz CT molecular complexity index is 197. The SMILES string of the molecule is CC1CCN(C2CC(C)CCC2N)CC1. The van der Waals surface area contributed by atoms with Crippen molar-refractivity contribution in [1.29, 1.82) is 0 Å². The molecule has 3 unspecified atom stereocenters. The van der Waals surface area contributed by atoms with Crippen LogP contribution in [0.2, 0.25) is 0 Å². The third-order valence-corrected chi connectivity index (χ3v) is 4.42. The van der Waals surface area contributed by atoms with E-state index in [2.05, 4.69) is 18.7 Å². The van der Waals surface area contributed by atoms with Gasteiger partial charge in [0, 0.05) is 12.1 Å². The zero-order chi connectivity index (χ0) is 10.8. The molecule has 1 saturated carbocycles. The molecule has 88 valence electrons. The van der Waals surface area contributed by atoms with Gasteiger partial charge in [-0.1, -0.05) is 13.8 Å². The van der Waals surface area contributed by atoms with Crippen LogP contribution in [0.15, 0.2) is 0 Å². The number of nitrogens with two attached hydrogens (primary N) is 1. The van der Waals surface area contributed by atoms with Crippen LogP contribution in [-0.2, 0) is 0 Å². The van der Waals surface area contributed by atoms with E-state index in [9.17, 15) is 0 Å². The van der Waals surface area contributed by atoms with E-state index in [0.717, 1.165) is 11.8 Å². The van der Waals surface area contributed by atoms with Gasteiger partial charge in [0.2, 0.25) is 0 Å². The molecule has 2 N–H and O–H groups in total. The molecule has 1 saturated heterocycles. The summed E-state index contributed by atoms with van der Waals surface area (Å²) in [6, 6.07) is 1.12. The smallest absolute Gasteiger partial charge is 0.0249 e. The second-order valence-corrected chi connectivity index (χ2v) is 5.87. The largest absolute Gasteiger partial charge is 0.326 e. The fourth-order valence-electron chi connectivity index (χ4n) is 3.15. The molecule has 2 nitrogen and oxygen atoms in total. The first-order chi connectivity index (χ1) is 7.16. The molecule has 2 heteroatoms. The second-order valence-electron chi connectivity index (χ2n) is 5.87. The summed E-state index contributed by atoms with van der Waals surface area (Å²) in [6.45, 7) is 7.32. The highest BCUT2D eigenvalue weighted by Crippen LogP contribution is 2.29. The summed E-state index contributed by atoms with van der Waals surface area (Å²) < 4.78 is 0. The average molecular weight is 210 g/mol. The van der Waals surface area contributed by atoms with E-state index in [4.69, 9.17) is 5.73 Å². The molecular weight excluding hydrogens is 184 g/mol. The van der Waals surface area contributed by atoms with Gasteiger partial charge < -0.3 is 5.73 Å². The minimum absolute atomic E-state index is 0.439. The number of rotatable bonds is 1. The second kappa shape index (κ2) is 4.84. The molecule has 0 amide bonds. The lowest BCUT2D eigenvalue weighted by atomic mass is 9.82. The highest BCUT2D eigenvalue weighted by molar-refractivity contribution is 4.89. The highest BCUT2D eigenvalue weighted by Gasteiger charge is 2.32. The van der Waals surface area contributed by atoms with Crippen LogP contribution >= 0.6 is 0 Å². The van der Waals surface area contributed by atoms with E-state index >= 15 is 0 Å². The van der Waals surface area contributed by atoms with Gasteiger partial charge in [-0.2, -0.15) is 0 Å². The van der Waals surface area contributed by atoms with Crippen molar-refractivity contribution >= 4 is 0 Å². The van der Waals surface area contributed by atoms with Crippen molar-refractivity contribution in [2.75, 3.05) is 13.1 Å². The standard InChI is InChI=1S/C13H26N2/c1-10-5-7-15(8-6-10)13-9-11(2)3-4-12(13)14/h10-13H,3-9,14H2,1-2H3. The molecule has 1 aliphatic carbocycles. The van der Waals surface area contributed by atoms with Crippen LogP contribution in [-0.4, -0.2) is 30.1 Å². The van der Waals surface area contributed by atoms with Gasteiger partial charge >= 0.3 is 0 Å². The van der Waals surface area contributed by atoms with Crippen molar-refractivity contribution in [3.63, 3.8) is 0 Å². The van der Waals surface area contributed by atoms with Gasteiger partial charge in [0.15, 0.2) is 0 Å². The van der Waals surface area contributed by atoms with E-state index in [-0.39, 0.29) is 0 Å². The summed E-state index contributed by atoms with van der Waals surface area (Å²) in [5.41, 5.74) is 6.27. The predicted molar refractivity (Wildman–Crippen MR) is 64.7 cm³/mol. The van der Waals surface area contributed by atoms with Crippen LogP contribution < -0.4 is 5.73 Å². The van der Waals surface area contributed by atoms with Gasteiger partial charge in [-0.25, -0.2) is 0 Å². The van der Waals surface area contributed by atoms with Crippen molar-refractivity contribution in [1.82, 2.24) is 4.90 Å². The lowest BCUT2D eigenvalue weighted by Crippen LogP contribution is -2.53. The Hall–Kier alpha value is -0.0800. The van der Waals surface area contributed by atoms with Gasteiger partial charge in [0.05, 0.1) is 0 Å². The molecule has 1 aliphatic heterocycles. The van der Waals surface area contributed by atoms with Gasteiger partial charge in [0.1, 0.15) is 0 Å². The first kappa shape index (κ1) is 11.4. The minimum Gasteiger partial charge on any atom is -0.326 e. The number of likely N-dealkylation sites (tertiary alicyclic amines) is 1. The quantitative estimate of drug-likeness (QED) is 0.719. The first-order valence-corrected chi connectivity index (χ1v) is 6.66. The van der Waals surface area contributed by atoms with E-state index < -0.39 is 0 Å². The summed E-state index contributed by atoms with van der Waals surface area (Å²) in [6.07, 6.45) is 6.64. The Morgan fingerprint density at radius 3 is 2.27 bits per heavy atom. The van der Waals surface area contributed by atoms with Crippen molar-refractivity contribution in [2.24, 2.45) is 17.6 Å². The molecule has 3 atom stereocenters. The van der Waals surface area contributed by atoms with Crippen molar-refractivity contribution in [2.45, 2.75) is 58.0 Å². The lowest BCUT2D eigenvalue weighted by Gasteiger charge is -2.43. The van der Waals surface area contributed by atoms with Crippen molar-refractivity contribution in [3.05, 3.63) is 0 Å². The summed E-state index contributed by atoms with van der Waals surface area (Å²) in [5.74, 6) is 1.81. The summed E-state index contributed by atoms with van der Waals surface area (Å²) >= 11 is 0. The summed E-state index contributed by atoms with van der Waals surface area (Å²) in [5, 5.41) is 0. The average Bonchev–Trinajstić information content (AvgIpc) is 2.23. The predicted octanol–water partition coefficient (Wildman–Crippen LogP) is 2.23. The molecule has 2 aliphatic rings. The normalized spacial score (nSPS) is 40.6. The monoisotopic (exact) mass is 210 g/mol. The Morgan fingerprint density at radius 2 is 1.60 bits per heavy atom. The number of hydrogen-bond acceptors (Lipinski definition) is 2. The minimum atomic E-state index is 0.439. The molecule has 0 aromatic rings. The molecule has 15 heavy (non-hydrogen) atoms. The molecular formula is C13H26N2. The molecule has 0 radical (unpaired) electrons. The Labute approximate surface area is 94.2 Å². The number of hydrogen-bond donors (Lipinski definition) is 1. The van der Waals surface area contributed by atoms with Gasteiger partial charge in [-0.3, -0.25) is 4.90 Å². The molecule has 2 fully saturated rings. The molecule has 0 bridgehead atoms. The van der Waals surface area contributed by atoms with Gasteiger partial charge in [0.25, 0.3) is 0 Å². The maximum Gasteiger partial charge on any atom is 0.0249 e. The van der Waals surface area contributed by atoms with E-state index in [1.54, 1.807) is 0 Å². The topological polar surface area (TPSA) is 29.3 Å². The maximum absolute atomic E-state index is 6.27. The van der Waals surface area contributed by atoms with Crippen molar-refractivity contribution < 1.29 is 0 Å². The Kier molecular flexibility index (Phi) is 3.68. The zero-order valence-corrected chi connectivity index (χ0v) is 10.3. The number of nitrogens with zero attached hydrogens (tertiary/aromatic N) is 1. The van der Waals surface area contributed by atoms with Crippen LogP contribution in [0.4, 0.5) is 0 Å². The summed E-state index contributed by atoms with van der Waals surface area (Å²) in [4.78, 5) is 2.67. The van der Waals surface area contributed by atoms with E-state index in [1.165, 1.54) is 45.2 Å². The fourth-order valence-corrected chi connectivity index (χ4v) is 3.15. The van der Waals surface area contributed by atoms with Crippen LogP contribution in [0, 0.1) is 11.8 Å². The van der Waals surface area contributed by atoms with Crippen LogP contribution in [0.1, 0.15) is 46.0 Å². The van der Waals surface area contributed by atoms with Crippen molar-refractivity contribution in [3.8, 4) is 0 Å². The van der Waals surface area contributed by atoms with E-state index in [0.29, 0.717) is 12.1 Å². The van der Waals surface area contributed by atoms with Crippen LogP contribution in [0.3, 0.4) is 0 Å². The Morgan fingerprint density at radius 1 is 0.933 bits per heavy atom. The molecule has 0 aromatic heterocycles. The lowest BCUT2D eigenvalue weighted by molar-refractivity contribution is 0.0823. The highest BCUT2D eigenvalue weighted by atomic mass is 15.2. The van der Waals surface area contributed by atoms with E-state index in [1.807, 2.05) is 0 Å². The van der Waals surface area contributed by atoms with Gasteiger partial charge in [-0.05, 0) is 57.0 Å². The third-order valence-electron chi connectivity index (χ3n) is 4.42. The molecule has 2 rings (SSSR count). The first-order valence-electron chi connectivity index (χ1n) is 6.66. The molecule has 1 heterocycles. The fraction of sp³-hybridized carbons (Fsp3) is 1.00. The summed E-state index contributed by atoms with van der Waals surface area (Å²) in [7, 11) is 0. The van der Waals surface area contributed by atoms with Crippen LogP contribution in [0.5, 0.6) is 0 Å². The Balaban J connectivity index is 1.90. The molecule has 0 aromatic carbocycles. The maximum atomic E-state index is 6.27. The zero-order valence-electron chi connectivity index (χ0n) is 10.3. The third kappa shape index (κ3) is 2.73. The van der Waals surface area contributed by atoms with Gasteiger partial charge in [-0.15, -0.1) is 0 Å². The van der Waals surface area contributed by atoms with Crippen LogP contribution in [0.25, 0.3) is 0 Å².